The van der Waals surface area contributed by atoms with Crippen LogP contribution in [0.3, 0.4) is 0 Å². The predicted octanol–water partition coefficient (Wildman–Crippen LogP) is 3.26. The van der Waals surface area contributed by atoms with Crippen molar-refractivity contribution in [3.8, 4) is 5.75 Å². The van der Waals surface area contributed by atoms with Crippen LogP contribution in [0.1, 0.15) is 5.56 Å². The number of amides is 1. The molecule has 0 heterocycles. The summed E-state index contributed by atoms with van der Waals surface area (Å²) in [5, 5.41) is 13.5. The lowest BCUT2D eigenvalue weighted by Crippen LogP contribution is -2.07. The molecule has 2 aromatic rings. The van der Waals surface area contributed by atoms with Crippen LogP contribution in [-0.4, -0.2) is 17.9 Å². The van der Waals surface area contributed by atoms with Crippen LogP contribution in [0.5, 0.6) is 5.75 Å². The molecule has 0 aliphatic heterocycles. The maximum absolute atomic E-state index is 11.9. The average Bonchev–Trinajstić information content (AvgIpc) is 2.53. The first kappa shape index (κ1) is 15.2. The number of nitrogens with one attached hydrogen (secondary N) is 1. The number of para-hydroxylation sites is 1. The van der Waals surface area contributed by atoms with Crippen molar-refractivity contribution in [2.75, 3.05) is 12.4 Å². The molecule has 2 aromatic carbocycles. The summed E-state index contributed by atoms with van der Waals surface area (Å²) in [6, 6.07) is 13.1. The van der Waals surface area contributed by atoms with Crippen molar-refractivity contribution in [3.05, 3.63) is 70.3 Å². The van der Waals surface area contributed by atoms with Crippen LogP contribution in [-0.2, 0) is 4.79 Å². The molecule has 0 saturated carbocycles. The molecule has 0 bridgehead atoms. The van der Waals surface area contributed by atoms with E-state index >= 15 is 0 Å². The highest BCUT2D eigenvalue weighted by Crippen LogP contribution is 2.19. The first-order valence-corrected chi connectivity index (χ1v) is 6.46. The van der Waals surface area contributed by atoms with Gasteiger partial charge in [0.25, 0.3) is 5.69 Å². The van der Waals surface area contributed by atoms with Crippen molar-refractivity contribution in [3.63, 3.8) is 0 Å². The van der Waals surface area contributed by atoms with Gasteiger partial charge >= 0.3 is 0 Å². The summed E-state index contributed by atoms with van der Waals surface area (Å²) >= 11 is 0. The van der Waals surface area contributed by atoms with Crippen LogP contribution in [0.15, 0.2) is 54.6 Å². The Morgan fingerprint density at radius 1 is 1.23 bits per heavy atom. The van der Waals surface area contributed by atoms with Gasteiger partial charge in [-0.2, -0.15) is 0 Å². The third-order valence-electron chi connectivity index (χ3n) is 2.88. The van der Waals surface area contributed by atoms with E-state index in [1.165, 1.54) is 25.3 Å². The number of nitro benzene ring substituents is 1. The lowest BCUT2D eigenvalue weighted by atomic mass is 10.1. The summed E-state index contributed by atoms with van der Waals surface area (Å²) in [6.45, 7) is 0. The molecule has 1 N–H and O–H groups in total. The fourth-order valence-corrected chi connectivity index (χ4v) is 1.84. The Morgan fingerprint density at radius 3 is 2.73 bits per heavy atom. The smallest absolute Gasteiger partial charge is 0.276 e. The number of nitrogens with zero attached hydrogens (tertiary/aromatic N) is 1. The van der Waals surface area contributed by atoms with Gasteiger partial charge < -0.3 is 10.1 Å². The molecule has 6 nitrogen and oxygen atoms in total. The van der Waals surface area contributed by atoms with Crippen LogP contribution >= 0.6 is 0 Å². The average molecular weight is 298 g/mol. The number of nitro groups is 1. The number of hydrogen-bond donors (Lipinski definition) is 1. The lowest BCUT2D eigenvalue weighted by Gasteiger charge is -2.04. The van der Waals surface area contributed by atoms with E-state index in [9.17, 15) is 14.9 Å². The minimum Gasteiger partial charge on any atom is -0.497 e. The summed E-state index contributed by atoms with van der Waals surface area (Å²) in [7, 11) is 1.54. The van der Waals surface area contributed by atoms with Crippen LogP contribution in [0.2, 0.25) is 0 Å². The van der Waals surface area contributed by atoms with Crippen LogP contribution in [0, 0.1) is 10.1 Å². The zero-order valence-corrected chi connectivity index (χ0v) is 11.9. The second-order valence-electron chi connectivity index (χ2n) is 4.37. The van der Waals surface area contributed by atoms with Gasteiger partial charge in [0.05, 0.1) is 17.6 Å². The Morgan fingerprint density at radius 2 is 2.00 bits per heavy atom. The number of anilines is 1. The van der Waals surface area contributed by atoms with E-state index < -0.39 is 4.92 Å². The molecule has 22 heavy (non-hydrogen) atoms. The summed E-state index contributed by atoms with van der Waals surface area (Å²) in [5.74, 6) is 0.242. The highest BCUT2D eigenvalue weighted by molar-refractivity contribution is 6.02. The molecule has 0 unspecified atom stereocenters. The van der Waals surface area contributed by atoms with Gasteiger partial charge in [0.2, 0.25) is 5.91 Å². The summed E-state index contributed by atoms with van der Waals surface area (Å²) in [5.41, 5.74) is 0.901. The monoisotopic (exact) mass is 298 g/mol. The van der Waals surface area contributed by atoms with Gasteiger partial charge in [-0.1, -0.05) is 18.2 Å². The Labute approximate surface area is 127 Å². The molecule has 0 atom stereocenters. The molecule has 6 heteroatoms. The summed E-state index contributed by atoms with van der Waals surface area (Å²) in [4.78, 5) is 22.3. The third kappa shape index (κ3) is 3.92. The second kappa shape index (κ2) is 7.03. The Kier molecular flexibility index (Phi) is 4.87. The number of carbonyl (C=O) groups excluding carboxylic acids is 1. The van der Waals surface area contributed by atoms with Gasteiger partial charge in [-0.3, -0.25) is 14.9 Å². The van der Waals surface area contributed by atoms with E-state index in [0.29, 0.717) is 17.0 Å². The van der Waals surface area contributed by atoms with Gasteiger partial charge in [0.1, 0.15) is 5.75 Å². The van der Waals surface area contributed by atoms with Crippen LogP contribution in [0.4, 0.5) is 11.4 Å². The van der Waals surface area contributed by atoms with E-state index in [1.807, 2.05) is 0 Å². The van der Waals surface area contributed by atoms with Gasteiger partial charge in [-0.25, -0.2) is 0 Å². The molecular formula is C16H14N2O4. The van der Waals surface area contributed by atoms with Crippen LogP contribution in [0.25, 0.3) is 6.08 Å². The topological polar surface area (TPSA) is 81.5 Å². The summed E-state index contributed by atoms with van der Waals surface area (Å²) < 4.78 is 5.06. The van der Waals surface area contributed by atoms with Gasteiger partial charge in [-0.05, 0) is 24.3 Å². The SMILES string of the molecule is COc1cccc(NC(=O)/C=C/c2ccccc2[N+](=O)[O-])c1. The largest absolute Gasteiger partial charge is 0.497 e. The van der Waals surface area contributed by atoms with Gasteiger partial charge in [0, 0.05) is 23.9 Å². The number of methoxy groups -OCH3 is 1. The van der Waals surface area contributed by atoms with Crippen molar-refractivity contribution in [2.45, 2.75) is 0 Å². The van der Waals surface area contributed by atoms with Crippen LogP contribution < -0.4 is 10.1 Å². The Hall–Kier alpha value is -3.15. The summed E-state index contributed by atoms with van der Waals surface area (Å²) in [6.07, 6.45) is 2.66. The van der Waals surface area contributed by atoms with Gasteiger partial charge in [-0.15, -0.1) is 0 Å². The quantitative estimate of drug-likeness (QED) is 0.522. The maximum Gasteiger partial charge on any atom is 0.276 e. The van der Waals surface area contributed by atoms with Crippen molar-refractivity contribution in [1.82, 2.24) is 0 Å². The van der Waals surface area contributed by atoms with E-state index in [2.05, 4.69) is 5.32 Å². The van der Waals surface area contributed by atoms with Crippen molar-refractivity contribution in [2.24, 2.45) is 0 Å². The second-order valence-corrected chi connectivity index (χ2v) is 4.37. The molecule has 0 aliphatic carbocycles. The molecule has 0 radical (unpaired) electrons. The first-order valence-electron chi connectivity index (χ1n) is 6.46. The molecule has 0 spiro atoms. The molecule has 0 aromatic heterocycles. The molecule has 112 valence electrons. The molecular weight excluding hydrogens is 284 g/mol. The fourth-order valence-electron chi connectivity index (χ4n) is 1.84. The van der Waals surface area contributed by atoms with E-state index in [-0.39, 0.29) is 11.6 Å². The maximum atomic E-state index is 11.9. The van der Waals surface area contributed by atoms with Crippen molar-refractivity contribution in [1.29, 1.82) is 0 Å². The van der Waals surface area contributed by atoms with E-state index in [1.54, 1.807) is 42.5 Å². The molecule has 0 aliphatic rings. The number of hydrogen-bond acceptors (Lipinski definition) is 4. The minimum atomic E-state index is -0.486. The number of carbonyl (C=O) groups is 1. The fraction of sp³-hybridized carbons (Fsp3) is 0.0625. The highest BCUT2D eigenvalue weighted by Gasteiger charge is 2.09. The third-order valence-corrected chi connectivity index (χ3v) is 2.88. The van der Waals surface area contributed by atoms with Crippen molar-refractivity contribution >= 4 is 23.4 Å². The van der Waals surface area contributed by atoms with Crippen molar-refractivity contribution < 1.29 is 14.5 Å². The molecule has 1 amide bonds. The van der Waals surface area contributed by atoms with E-state index in [4.69, 9.17) is 4.74 Å². The lowest BCUT2D eigenvalue weighted by molar-refractivity contribution is -0.385. The number of benzene rings is 2. The molecule has 0 saturated heterocycles. The molecule has 2 rings (SSSR count). The van der Waals surface area contributed by atoms with E-state index in [0.717, 1.165) is 0 Å². The predicted molar refractivity (Wildman–Crippen MR) is 83.8 cm³/mol. The normalized spacial score (nSPS) is 10.4. The number of ether oxygens (including phenoxy) is 1. The first-order chi connectivity index (χ1) is 10.6. The highest BCUT2D eigenvalue weighted by atomic mass is 16.6. The Balaban J connectivity index is 2.10. The zero-order valence-electron chi connectivity index (χ0n) is 11.9. The van der Waals surface area contributed by atoms with Gasteiger partial charge in [0.15, 0.2) is 0 Å². The number of rotatable bonds is 5. The standard InChI is InChI=1S/C16H14N2O4/c1-22-14-7-4-6-13(11-14)17-16(19)10-9-12-5-2-3-8-15(12)18(20)21/h2-11H,1H3,(H,17,19)/b10-9+. The Bertz CT molecular complexity index is 726. The minimum absolute atomic E-state index is 0.0482. The molecule has 0 fully saturated rings. The zero-order chi connectivity index (χ0) is 15.9.